The Bertz CT molecular complexity index is 317. The summed E-state index contributed by atoms with van der Waals surface area (Å²) in [6.45, 7) is 0.235. The Hall–Kier alpha value is -0.290. The van der Waals surface area contributed by atoms with Crippen LogP contribution in [0.2, 0.25) is 5.02 Å². The zero-order chi connectivity index (χ0) is 10.0. The number of rotatable bonds is 2. The largest absolute Gasteiger partial charge is 0.506 e. The third kappa shape index (κ3) is 2.57. The van der Waals surface area contributed by atoms with Gasteiger partial charge in [-0.2, -0.15) is 5.06 Å². The lowest BCUT2D eigenvalue weighted by molar-refractivity contribution is -0.0735. The molecule has 0 unspecified atom stereocenters. The molecule has 2 N–H and O–H groups in total. The van der Waals surface area contributed by atoms with Crippen LogP contribution >= 0.6 is 27.5 Å². The van der Waals surface area contributed by atoms with E-state index < -0.39 is 0 Å². The van der Waals surface area contributed by atoms with Crippen LogP contribution in [-0.4, -0.2) is 22.4 Å². The fourth-order valence-corrected chi connectivity index (χ4v) is 1.46. The lowest BCUT2D eigenvalue weighted by atomic mass is 10.2. The molecule has 1 rings (SSSR count). The summed E-state index contributed by atoms with van der Waals surface area (Å²) < 4.78 is 0.635. The molecule has 0 bridgehead atoms. The van der Waals surface area contributed by atoms with Gasteiger partial charge in [-0.25, -0.2) is 0 Å². The van der Waals surface area contributed by atoms with Gasteiger partial charge in [0.2, 0.25) is 0 Å². The van der Waals surface area contributed by atoms with E-state index in [9.17, 15) is 5.11 Å². The SMILES string of the molecule is CN(O)Cc1ccc(Br)c(Cl)c1O. The van der Waals surface area contributed by atoms with Gasteiger partial charge in [-0.05, 0) is 22.0 Å². The van der Waals surface area contributed by atoms with Crippen molar-refractivity contribution in [3.63, 3.8) is 0 Å². The number of halogens is 2. The predicted octanol–water partition coefficient (Wildman–Crippen LogP) is 2.63. The van der Waals surface area contributed by atoms with Gasteiger partial charge in [0.25, 0.3) is 0 Å². The van der Waals surface area contributed by atoms with Crippen molar-refractivity contribution in [2.75, 3.05) is 7.05 Å². The van der Waals surface area contributed by atoms with Gasteiger partial charge in [-0.3, -0.25) is 0 Å². The van der Waals surface area contributed by atoms with Crippen LogP contribution in [0.1, 0.15) is 5.56 Å². The van der Waals surface area contributed by atoms with Gasteiger partial charge in [0.05, 0.1) is 11.6 Å². The number of aromatic hydroxyl groups is 1. The number of benzene rings is 1. The van der Waals surface area contributed by atoms with E-state index in [0.717, 1.165) is 5.06 Å². The second-order valence-electron chi connectivity index (χ2n) is 2.68. The highest BCUT2D eigenvalue weighted by atomic mass is 79.9. The zero-order valence-corrected chi connectivity index (χ0v) is 9.30. The Labute approximate surface area is 89.6 Å². The van der Waals surface area contributed by atoms with E-state index in [1.165, 1.54) is 7.05 Å². The second-order valence-corrected chi connectivity index (χ2v) is 3.92. The standard InChI is InChI=1S/C8H9BrClNO2/c1-11(13)4-5-2-3-6(9)7(10)8(5)12/h2-3,12-13H,4H2,1H3. The van der Waals surface area contributed by atoms with Gasteiger partial charge >= 0.3 is 0 Å². The van der Waals surface area contributed by atoms with Crippen molar-refractivity contribution in [1.29, 1.82) is 0 Å². The molecule has 1 aromatic rings. The highest BCUT2D eigenvalue weighted by Crippen LogP contribution is 2.34. The minimum absolute atomic E-state index is 0.00283. The Morgan fingerprint density at radius 3 is 2.69 bits per heavy atom. The fraction of sp³-hybridized carbons (Fsp3) is 0.250. The topological polar surface area (TPSA) is 43.7 Å². The highest BCUT2D eigenvalue weighted by Gasteiger charge is 2.09. The van der Waals surface area contributed by atoms with Crippen molar-refractivity contribution in [3.05, 3.63) is 27.2 Å². The van der Waals surface area contributed by atoms with Crippen LogP contribution in [0.25, 0.3) is 0 Å². The van der Waals surface area contributed by atoms with Crippen LogP contribution in [0.3, 0.4) is 0 Å². The summed E-state index contributed by atoms with van der Waals surface area (Å²) in [5.74, 6) is -0.00283. The van der Waals surface area contributed by atoms with Crippen LogP contribution in [0.15, 0.2) is 16.6 Å². The lowest BCUT2D eigenvalue weighted by Crippen LogP contribution is -2.11. The molecule has 0 saturated heterocycles. The molecule has 0 fully saturated rings. The fourth-order valence-electron chi connectivity index (χ4n) is 0.954. The van der Waals surface area contributed by atoms with Crippen LogP contribution in [0.5, 0.6) is 5.75 Å². The normalized spacial score (nSPS) is 10.8. The first-order valence-corrected chi connectivity index (χ1v) is 4.75. The number of hydrogen-bond donors (Lipinski definition) is 2. The Balaban J connectivity index is 3.04. The number of hydrogen-bond acceptors (Lipinski definition) is 3. The second kappa shape index (κ2) is 4.28. The molecule has 72 valence electrons. The van der Waals surface area contributed by atoms with Gasteiger partial charge in [0.15, 0.2) is 0 Å². The molecule has 0 saturated carbocycles. The van der Waals surface area contributed by atoms with E-state index in [2.05, 4.69) is 15.9 Å². The highest BCUT2D eigenvalue weighted by molar-refractivity contribution is 9.10. The molecule has 0 radical (unpaired) electrons. The third-order valence-electron chi connectivity index (χ3n) is 1.55. The summed E-state index contributed by atoms with van der Waals surface area (Å²) in [5.41, 5.74) is 0.582. The Morgan fingerprint density at radius 2 is 2.15 bits per heavy atom. The quantitative estimate of drug-likeness (QED) is 0.809. The van der Waals surface area contributed by atoms with Crippen molar-refractivity contribution in [1.82, 2.24) is 5.06 Å². The zero-order valence-electron chi connectivity index (χ0n) is 6.96. The lowest BCUT2D eigenvalue weighted by Gasteiger charge is -2.11. The van der Waals surface area contributed by atoms with E-state index in [1.54, 1.807) is 12.1 Å². The summed E-state index contributed by atoms with van der Waals surface area (Å²) in [7, 11) is 1.50. The van der Waals surface area contributed by atoms with Crippen molar-refractivity contribution in [2.45, 2.75) is 6.54 Å². The molecule has 0 aromatic heterocycles. The molecule has 3 nitrogen and oxygen atoms in total. The average molecular weight is 267 g/mol. The number of hydroxylamine groups is 2. The summed E-state index contributed by atoms with van der Waals surface area (Å²) >= 11 is 8.95. The van der Waals surface area contributed by atoms with E-state index in [1.807, 2.05) is 0 Å². The maximum absolute atomic E-state index is 9.53. The molecule has 0 atom stereocenters. The molecule has 0 spiro atoms. The smallest absolute Gasteiger partial charge is 0.139 e. The average Bonchev–Trinajstić information content (AvgIpc) is 2.06. The van der Waals surface area contributed by atoms with E-state index in [-0.39, 0.29) is 17.3 Å². The summed E-state index contributed by atoms with van der Waals surface area (Å²) in [6, 6.07) is 3.42. The summed E-state index contributed by atoms with van der Waals surface area (Å²) in [5, 5.41) is 19.7. The third-order valence-corrected chi connectivity index (χ3v) is 2.82. The van der Waals surface area contributed by atoms with Crippen molar-refractivity contribution >= 4 is 27.5 Å². The molecule has 0 amide bonds. The Morgan fingerprint density at radius 1 is 1.54 bits per heavy atom. The van der Waals surface area contributed by atoms with Crippen LogP contribution in [0.4, 0.5) is 0 Å². The first-order valence-electron chi connectivity index (χ1n) is 3.58. The Kier molecular flexibility index (Phi) is 3.55. The van der Waals surface area contributed by atoms with Crippen molar-refractivity contribution < 1.29 is 10.3 Å². The summed E-state index contributed by atoms with van der Waals surface area (Å²) in [4.78, 5) is 0. The van der Waals surface area contributed by atoms with E-state index in [4.69, 9.17) is 16.8 Å². The van der Waals surface area contributed by atoms with Gasteiger partial charge < -0.3 is 10.3 Å². The minimum Gasteiger partial charge on any atom is -0.506 e. The molecular formula is C8H9BrClNO2. The van der Waals surface area contributed by atoms with Crippen molar-refractivity contribution in [2.24, 2.45) is 0 Å². The molecule has 0 aliphatic carbocycles. The summed E-state index contributed by atoms with van der Waals surface area (Å²) in [6.07, 6.45) is 0. The van der Waals surface area contributed by atoms with Crippen LogP contribution in [0, 0.1) is 0 Å². The van der Waals surface area contributed by atoms with Gasteiger partial charge in [0, 0.05) is 17.1 Å². The first kappa shape index (κ1) is 10.8. The molecule has 0 aliphatic heterocycles. The van der Waals surface area contributed by atoms with Gasteiger partial charge in [-0.1, -0.05) is 17.7 Å². The molecule has 0 heterocycles. The number of nitrogens with zero attached hydrogens (tertiary/aromatic N) is 1. The van der Waals surface area contributed by atoms with Crippen molar-refractivity contribution in [3.8, 4) is 5.75 Å². The van der Waals surface area contributed by atoms with Crippen LogP contribution in [-0.2, 0) is 6.54 Å². The van der Waals surface area contributed by atoms with Crippen LogP contribution < -0.4 is 0 Å². The van der Waals surface area contributed by atoms with Gasteiger partial charge in [-0.15, -0.1) is 0 Å². The maximum atomic E-state index is 9.53. The minimum atomic E-state index is -0.00283. The molecule has 1 aromatic carbocycles. The van der Waals surface area contributed by atoms with E-state index >= 15 is 0 Å². The molecule has 0 aliphatic rings. The number of phenolic OH excluding ortho intramolecular Hbond substituents is 1. The predicted molar refractivity (Wildman–Crippen MR) is 54.1 cm³/mol. The molecular weight excluding hydrogens is 257 g/mol. The monoisotopic (exact) mass is 265 g/mol. The molecule has 5 heteroatoms. The maximum Gasteiger partial charge on any atom is 0.139 e. The molecule has 13 heavy (non-hydrogen) atoms. The van der Waals surface area contributed by atoms with E-state index in [0.29, 0.717) is 10.0 Å². The van der Waals surface area contributed by atoms with Gasteiger partial charge in [0.1, 0.15) is 5.75 Å². The first-order chi connectivity index (χ1) is 6.02. The number of phenols is 1.